The number of hydrogen-bond donors (Lipinski definition) is 2. The minimum atomic E-state index is -1.70. The quantitative estimate of drug-likeness (QED) is 0.433. The monoisotopic (exact) mass is 576 g/mol. The molecule has 2 aromatic carbocycles. The van der Waals surface area contributed by atoms with Crippen molar-refractivity contribution in [1.29, 1.82) is 0 Å². The highest BCUT2D eigenvalue weighted by atomic mass is 16.3. The summed E-state index contributed by atoms with van der Waals surface area (Å²) in [6, 6.07) is 17.3. The molecule has 0 bridgehead atoms. The summed E-state index contributed by atoms with van der Waals surface area (Å²) in [6.45, 7) is 19.1. The minimum absolute atomic E-state index is 0.0100. The zero-order valence-electron chi connectivity index (χ0n) is 26.8. The summed E-state index contributed by atoms with van der Waals surface area (Å²) < 4.78 is 0. The summed E-state index contributed by atoms with van der Waals surface area (Å²) in [5.41, 5.74) is -1.54. The number of benzene rings is 2. The van der Waals surface area contributed by atoms with E-state index in [0.29, 0.717) is 11.1 Å². The molecule has 42 heavy (non-hydrogen) atoms. The van der Waals surface area contributed by atoms with Crippen molar-refractivity contribution in [3.05, 3.63) is 71.8 Å². The van der Waals surface area contributed by atoms with Gasteiger partial charge in [-0.2, -0.15) is 0 Å². The Kier molecular flexibility index (Phi) is 9.57. The third kappa shape index (κ3) is 6.22. The van der Waals surface area contributed by atoms with Crippen LogP contribution >= 0.6 is 0 Å². The van der Waals surface area contributed by atoms with Crippen LogP contribution in [0.1, 0.15) is 80.4 Å². The maximum absolute atomic E-state index is 13.3. The molecule has 228 valence electrons. The fraction of sp³-hybridized carbons (Fsp3) is 0.543. The number of ketones is 2. The van der Waals surface area contributed by atoms with E-state index in [-0.39, 0.29) is 52.6 Å². The van der Waals surface area contributed by atoms with Crippen molar-refractivity contribution in [2.75, 3.05) is 0 Å². The lowest BCUT2D eigenvalue weighted by Gasteiger charge is -2.56. The van der Waals surface area contributed by atoms with Crippen molar-refractivity contribution < 1.29 is 24.3 Å². The second kappa shape index (κ2) is 12.1. The number of Topliss-reactive ketones (excluding diaryl/α,β-unsaturated/α-hetero) is 2. The molecule has 0 aliphatic carbocycles. The smallest absolute Gasteiger partial charge is 0.231 e. The number of hydrogen-bond acceptors (Lipinski definition) is 5. The molecule has 0 radical (unpaired) electrons. The van der Waals surface area contributed by atoms with E-state index in [1.165, 1.54) is 4.90 Å². The van der Waals surface area contributed by atoms with Gasteiger partial charge in [0.15, 0.2) is 17.3 Å². The van der Waals surface area contributed by atoms with Crippen LogP contribution in [0.4, 0.5) is 0 Å². The Labute approximate surface area is 251 Å². The maximum atomic E-state index is 13.3. The largest absolute Gasteiger partial charge is 0.363 e. The number of carbonyl (C=O) groups is 4. The van der Waals surface area contributed by atoms with E-state index in [2.05, 4.69) is 5.32 Å². The van der Waals surface area contributed by atoms with Gasteiger partial charge in [0.2, 0.25) is 11.8 Å². The highest BCUT2D eigenvalue weighted by Gasteiger charge is 2.61. The average molecular weight is 577 g/mol. The van der Waals surface area contributed by atoms with Gasteiger partial charge in [-0.15, -0.1) is 0 Å². The zero-order chi connectivity index (χ0) is 31.8. The van der Waals surface area contributed by atoms with Gasteiger partial charge >= 0.3 is 0 Å². The Morgan fingerprint density at radius 1 is 0.714 bits per heavy atom. The van der Waals surface area contributed by atoms with Crippen molar-refractivity contribution in [3.8, 4) is 0 Å². The van der Waals surface area contributed by atoms with Gasteiger partial charge < -0.3 is 10.4 Å². The van der Waals surface area contributed by atoms with Crippen LogP contribution in [0.25, 0.3) is 0 Å². The van der Waals surface area contributed by atoms with E-state index in [1.54, 1.807) is 24.3 Å². The molecule has 4 rings (SSSR count). The molecule has 4 atom stereocenters. The lowest BCUT2D eigenvalue weighted by molar-refractivity contribution is -0.203. The van der Waals surface area contributed by atoms with Crippen LogP contribution in [0.3, 0.4) is 0 Å². The van der Waals surface area contributed by atoms with E-state index in [9.17, 15) is 24.3 Å². The number of aliphatic hydroxyl groups is 1. The summed E-state index contributed by atoms with van der Waals surface area (Å²) in [7, 11) is 0. The molecule has 2 fully saturated rings. The van der Waals surface area contributed by atoms with Gasteiger partial charge in [0, 0.05) is 22.0 Å². The van der Waals surface area contributed by atoms with Gasteiger partial charge in [-0.05, 0) is 11.8 Å². The first-order chi connectivity index (χ1) is 19.3. The van der Waals surface area contributed by atoms with Crippen LogP contribution in [0.15, 0.2) is 60.7 Å². The average Bonchev–Trinajstić information content (AvgIpc) is 2.89. The maximum Gasteiger partial charge on any atom is 0.231 e. The van der Waals surface area contributed by atoms with Crippen molar-refractivity contribution in [3.63, 3.8) is 0 Å². The van der Waals surface area contributed by atoms with E-state index in [0.717, 1.165) is 0 Å². The third-order valence-electron chi connectivity index (χ3n) is 8.27. The summed E-state index contributed by atoms with van der Waals surface area (Å²) in [6.07, 6.45) is 0. The van der Waals surface area contributed by atoms with Gasteiger partial charge in [-0.25, -0.2) is 0 Å². The molecule has 7 nitrogen and oxygen atoms in total. The number of β-lactam (4-membered cyclic amide) rings is 2. The Hall–Kier alpha value is -3.32. The Bertz CT molecular complexity index is 1250. The lowest BCUT2D eigenvalue weighted by atomic mass is 9.69. The molecule has 2 N–H and O–H groups in total. The molecular weight excluding hydrogens is 528 g/mol. The number of carbonyl (C=O) groups excluding carboxylic acids is 4. The van der Waals surface area contributed by atoms with Gasteiger partial charge in [-0.3, -0.25) is 24.1 Å². The Morgan fingerprint density at radius 2 is 1.12 bits per heavy atom. The van der Waals surface area contributed by atoms with Gasteiger partial charge in [0.25, 0.3) is 0 Å². The highest BCUT2D eigenvalue weighted by Crippen LogP contribution is 2.47. The molecule has 2 aliphatic rings. The molecule has 0 aromatic heterocycles. The molecule has 0 saturated carbocycles. The molecule has 2 amide bonds. The van der Waals surface area contributed by atoms with Crippen molar-refractivity contribution in [2.24, 2.45) is 34.5 Å². The number of amides is 2. The molecule has 2 aromatic rings. The van der Waals surface area contributed by atoms with E-state index >= 15 is 0 Å². The summed E-state index contributed by atoms with van der Waals surface area (Å²) in [5.74, 6) is -0.370. The molecule has 1 unspecified atom stereocenters. The van der Waals surface area contributed by atoms with Gasteiger partial charge in [-0.1, -0.05) is 130 Å². The van der Waals surface area contributed by atoms with Crippen LogP contribution in [0.5, 0.6) is 0 Å². The second-order valence-electron chi connectivity index (χ2n) is 14.3. The predicted molar refractivity (Wildman–Crippen MR) is 164 cm³/mol. The summed E-state index contributed by atoms with van der Waals surface area (Å²) in [5, 5.41) is 14.7. The molecule has 2 heterocycles. The molecular formula is C35H48N2O5. The van der Waals surface area contributed by atoms with Crippen molar-refractivity contribution in [2.45, 2.75) is 87.0 Å². The number of nitrogens with one attached hydrogen (secondary N) is 1. The topological polar surface area (TPSA) is 104 Å². The zero-order valence-corrected chi connectivity index (χ0v) is 26.8. The standard InChI is InChI=1S/C24H29NO3.C11H19NO2/c1-16(2)19-20(21(26)23(3,4)5)25(22(19)27)24(28,17-12-8-6-9-13-17)18-14-10-7-11-15-18;1-6(2)7-8(12-10(7)14)9(13)11(3,4)5/h6-16,19-20,28H,1-5H3;6-8H,1-5H3,(H,12,14)/t19-,20+;7?,8-/m10/s1. The molecule has 7 heteroatoms. The Balaban J connectivity index is 0.000000291. The number of nitrogens with zero attached hydrogens (tertiary/aromatic N) is 1. The van der Waals surface area contributed by atoms with Gasteiger partial charge in [0.05, 0.1) is 17.9 Å². The second-order valence-corrected chi connectivity index (χ2v) is 14.3. The SMILES string of the molecule is CC(C)C1C(=O)N[C@@H]1C(=O)C(C)(C)C.CC(C)[C@H]1C(=O)N(C(O)(c2ccccc2)c2ccccc2)[C@@H]1C(=O)C(C)(C)C. The fourth-order valence-electron chi connectivity index (χ4n) is 5.81. The van der Waals surface area contributed by atoms with E-state index in [1.807, 2.05) is 106 Å². The summed E-state index contributed by atoms with van der Waals surface area (Å²) >= 11 is 0. The first-order valence-corrected chi connectivity index (χ1v) is 14.9. The number of likely N-dealkylation sites (tertiary alicyclic amines) is 1. The highest BCUT2D eigenvalue weighted by molar-refractivity contribution is 6.03. The van der Waals surface area contributed by atoms with Gasteiger partial charge in [0.1, 0.15) is 6.04 Å². The van der Waals surface area contributed by atoms with Crippen LogP contribution in [-0.2, 0) is 24.9 Å². The van der Waals surface area contributed by atoms with E-state index in [4.69, 9.17) is 0 Å². The van der Waals surface area contributed by atoms with Crippen LogP contribution < -0.4 is 5.32 Å². The van der Waals surface area contributed by atoms with Crippen molar-refractivity contribution >= 4 is 23.4 Å². The minimum Gasteiger partial charge on any atom is -0.363 e. The first kappa shape index (κ1) is 33.2. The number of rotatable bonds is 7. The molecule has 2 aliphatic heterocycles. The fourth-order valence-corrected chi connectivity index (χ4v) is 5.81. The van der Waals surface area contributed by atoms with Crippen LogP contribution in [-0.4, -0.2) is 45.5 Å². The third-order valence-corrected chi connectivity index (χ3v) is 8.27. The van der Waals surface area contributed by atoms with Crippen LogP contribution in [0.2, 0.25) is 0 Å². The normalized spacial score (nSPS) is 22.5. The van der Waals surface area contributed by atoms with Crippen molar-refractivity contribution in [1.82, 2.24) is 10.2 Å². The molecule has 2 saturated heterocycles. The van der Waals surface area contributed by atoms with Crippen LogP contribution in [0, 0.1) is 34.5 Å². The lowest BCUT2D eigenvalue weighted by Crippen LogP contribution is -2.73. The first-order valence-electron chi connectivity index (χ1n) is 14.9. The summed E-state index contributed by atoms with van der Waals surface area (Å²) in [4.78, 5) is 51.1. The van der Waals surface area contributed by atoms with E-state index < -0.39 is 23.1 Å². The molecule has 0 spiro atoms. The Morgan fingerprint density at radius 3 is 1.45 bits per heavy atom. The predicted octanol–water partition coefficient (Wildman–Crippen LogP) is 5.35.